The fourth-order valence-electron chi connectivity index (χ4n) is 3.45. The van der Waals surface area contributed by atoms with Crippen LogP contribution in [0, 0.1) is 0 Å². The molecule has 1 aromatic heterocycles. The van der Waals surface area contributed by atoms with Gasteiger partial charge in [0, 0.05) is 36.5 Å². The molecule has 9 nitrogen and oxygen atoms in total. The third-order valence-electron chi connectivity index (χ3n) is 5.07. The van der Waals surface area contributed by atoms with Crippen LogP contribution in [0.25, 0.3) is 11.1 Å². The Bertz CT molecular complexity index is 1010. The number of likely N-dealkylation sites (tertiary alicyclic amines) is 1. The van der Waals surface area contributed by atoms with Crippen molar-refractivity contribution in [3.8, 4) is 16.9 Å². The number of aromatic carboxylic acids is 1. The quantitative estimate of drug-likeness (QED) is 0.664. The molecule has 0 unspecified atom stereocenters. The highest BCUT2D eigenvalue weighted by Crippen LogP contribution is 2.31. The normalized spacial score (nSPS) is 14.7. The Kier molecular flexibility index (Phi) is 6.67. The number of carbonyl (C=O) groups excluding carboxylic acids is 2. The first-order chi connectivity index (χ1) is 15.0. The van der Waals surface area contributed by atoms with E-state index in [9.17, 15) is 19.5 Å². The predicted molar refractivity (Wildman–Crippen MR) is 117 cm³/mol. The second-order valence-electron chi connectivity index (χ2n) is 8.65. The summed E-state index contributed by atoms with van der Waals surface area (Å²) in [6, 6.07) is 7.96. The van der Waals surface area contributed by atoms with Gasteiger partial charge in [0.25, 0.3) is 5.91 Å². The summed E-state index contributed by atoms with van der Waals surface area (Å²) < 4.78 is 5.38. The lowest BCUT2D eigenvalue weighted by atomic mass is 10.0. The van der Waals surface area contributed by atoms with E-state index in [1.165, 1.54) is 12.3 Å². The number of hydrogen-bond donors (Lipinski definition) is 3. The van der Waals surface area contributed by atoms with E-state index in [0.717, 1.165) is 0 Å². The van der Waals surface area contributed by atoms with E-state index < -0.39 is 23.0 Å². The number of aromatic hydroxyl groups is 1. The summed E-state index contributed by atoms with van der Waals surface area (Å²) in [5.41, 5.74) is 0.349. The van der Waals surface area contributed by atoms with E-state index in [-0.39, 0.29) is 18.0 Å². The molecule has 1 fully saturated rings. The molecule has 0 saturated carbocycles. The Balaban J connectivity index is 1.59. The van der Waals surface area contributed by atoms with Crippen LogP contribution in [0.15, 0.2) is 36.5 Å². The van der Waals surface area contributed by atoms with Gasteiger partial charge in [-0.25, -0.2) is 14.6 Å². The third-order valence-corrected chi connectivity index (χ3v) is 5.07. The Morgan fingerprint density at radius 1 is 1.09 bits per heavy atom. The van der Waals surface area contributed by atoms with E-state index in [1.807, 2.05) is 20.8 Å². The number of piperidine rings is 1. The molecular weight excluding hydrogens is 414 g/mol. The SMILES string of the molecule is CC(C)(C)OC(=O)N1CCC(NC(=O)c2ccc(-c3ccnc(C(=O)O)c3O)cc2)CC1. The van der Waals surface area contributed by atoms with Crippen molar-refractivity contribution in [3.63, 3.8) is 0 Å². The van der Waals surface area contributed by atoms with Crippen molar-refractivity contribution in [3.05, 3.63) is 47.8 Å². The molecule has 0 bridgehead atoms. The molecule has 170 valence electrons. The smallest absolute Gasteiger partial charge is 0.410 e. The molecule has 1 aliphatic heterocycles. The first-order valence-electron chi connectivity index (χ1n) is 10.4. The molecule has 1 saturated heterocycles. The van der Waals surface area contributed by atoms with Gasteiger partial charge in [0.1, 0.15) is 5.60 Å². The number of carbonyl (C=O) groups is 3. The van der Waals surface area contributed by atoms with Crippen LogP contribution in [0.2, 0.25) is 0 Å². The van der Waals surface area contributed by atoms with Crippen molar-refractivity contribution < 1.29 is 29.3 Å². The minimum absolute atomic E-state index is 0.0526. The van der Waals surface area contributed by atoms with Gasteiger partial charge < -0.3 is 25.2 Å². The zero-order valence-corrected chi connectivity index (χ0v) is 18.3. The summed E-state index contributed by atoms with van der Waals surface area (Å²) in [6.45, 7) is 6.48. The molecule has 0 aliphatic carbocycles. The number of hydrogen-bond acceptors (Lipinski definition) is 6. The molecule has 2 amide bonds. The number of nitrogens with one attached hydrogen (secondary N) is 1. The van der Waals surface area contributed by atoms with Gasteiger partial charge in [0.05, 0.1) is 0 Å². The number of ether oxygens (including phenoxy) is 1. The maximum atomic E-state index is 12.6. The molecule has 3 rings (SSSR count). The van der Waals surface area contributed by atoms with Crippen LogP contribution >= 0.6 is 0 Å². The maximum Gasteiger partial charge on any atom is 0.410 e. The molecule has 0 radical (unpaired) electrons. The van der Waals surface area contributed by atoms with Crippen molar-refractivity contribution in [1.82, 2.24) is 15.2 Å². The van der Waals surface area contributed by atoms with Gasteiger partial charge >= 0.3 is 12.1 Å². The molecule has 9 heteroatoms. The Morgan fingerprint density at radius 2 is 1.72 bits per heavy atom. The van der Waals surface area contributed by atoms with E-state index in [0.29, 0.717) is 42.6 Å². The van der Waals surface area contributed by atoms with Crippen molar-refractivity contribution in [2.75, 3.05) is 13.1 Å². The largest absolute Gasteiger partial charge is 0.505 e. The summed E-state index contributed by atoms with van der Waals surface area (Å²) in [5.74, 6) is -1.98. The van der Waals surface area contributed by atoms with Gasteiger partial charge in [-0.2, -0.15) is 0 Å². The lowest BCUT2D eigenvalue weighted by Gasteiger charge is -2.33. The second kappa shape index (κ2) is 9.25. The highest BCUT2D eigenvalue weighted by Gasteiger charge is 2.27. The molecule has 2 aromatic rings. The van der Waals surface area contributed by atoms with E-state index in [4.69, 9.17) is 9.84 Å². The fourth-order valence-corrected chi connectivity index (χ4v) is 3.45. The van der Waals surface area contributed by atoms with Crippen LogP contribution in [-0.4, -0.2) is 62.8 Å². The van der Waals surface area contributed by atoms with Crippen LogP contribution in [0.5, 0.6) is 5.75 Å². The van der Waals surface area contributed by atoms with Gasteiger partial charge in [-0.15, -0.1) is 0 Å². The number of amides is 2. The number of carboxylic acids is 1. The monoisotopic (exact) mass is 441 g/mol. The van der Waals surface area contributed by atoms with Gasteiger partial charge in [-0.3, -0.25) is 4.79 Å². The summed E-state index contributed by atoms with van der Waals surface area (Å²) in [4.78, 5) is 41.2. The van der Waals surface area contributed by atoms with Crippen LogP contribution in [0.3, 0.4) is 0 Å². The van der Waals surface area contributed by atoms with E-state index in [1.54, 1.807) is 29.2 Å². The first-order valence-corrected chi connectivity index (χ1v) is 10.4. The zero-order chi connectivity index (χ0) is 23.5. The highest BCUT2D eigenvalue weighted by atomic mass is 16.6. The van der Waals surface area contributed by atoms with Gasteiger partial charge in [0.2, 0.25) is 0 Å². The van der Waals surface area contributed by atoms with Crippen LogP contribution in [-0.2, 0) is 4.74 Å². The molecule has 3 N–H and O–H groups in total. The number of carboxylic acid groups (broad SMARTS) is 1. The molecule has 1 aliphatic rings. The van der Waals surface area contributed by atoms with Gasteiger partial charge in [-0.05, 0) is 57.4 Å². The van der Waals surface area contributed by atoms with Crippen molar-refractivity contribution >= 4 is 18.0 Å². The van der Waals surface area contributed by atoms with Crippen molar-refractivity contribution in [1.29, 1.82) is 0 Å². The lowest BCUT2D eigenvalue weighted by molar-refractivity contribution is 0.0199. The third kappa shape index (κ3) is 5.54. The Labute approximate surface area is 186 Å². The highest BCUT2D eigenvalue weighted by molar-refractivity contribution is 5.95. The minimum atomic E-state index is -1.32. The topological polar surface area (TPSA) is 129 Å². The van der Waals surface area contributed by atoms with Gasteiger partial charge in [0.15, 0.2) is 11.4 Å². The number of rotatable bonds is 4. The average Bonchev–Trinajstić information content (AvgIpc) is 2.73. The van der Waals surface area contributed by atoms with Crippen LogP contribution in [0.4, 0.5) is 4.79 Å². The number of nitrogens with zero attached hydrogens (tertiary/aromatic N) is 2. The molecule has 2 heterocycles. The van der Waals surface area contributed by atoms with Gasteiger partial charge in [-0.1, -0.05) is 12.1 Å². The molecule has 1 aromatic carbocycles. The van der Waals surface area contributed by atoms with Crippen molar-refractivity contribution in [2.45, 2.75) is 45.3 Å². The molecule has 0 spiro atoms. The summed E-state index contributed by atoms with van der Waals surface area (Å²) in [7, 11) is 0. The summed E-state index contributed by atoms with van der Waals surface area (Å²) in [5, 5.41) is 22.3. The minimum Gasteiger partial charge on any atom is -0.505 e. The standard InChI is InChI=1S/C23H27N3O6/c1-23(2,3)32-22(31)26-12-9-16(10-13-26)25-20(28)15-6-4-14(5-7-15)17-8-11-24-18(19(17)27)21(29)30/h4-8,11,16,27H,9-10,12-13H2,1-3H3,(H,25,28)(H,29,30). The number of aromatic nitrogens is 1. The second-order valence-corrected chi connectivity index (χ2v) is 8.65. The maximum absolute atomic E-state index is 12.6. The lowest BCUT2D eigenvalue weighted by Crippen LogP contribution is -2.47. The zero-order valence-electron chi connectivity index (χ0n) is 18.3. The molecular formula is C23H27N3O6. The molecule has 32 heavy (non-hydrogen) atoms. The summed E-state index contributed by atoms with van der Waals surface area (Å²) in [6.07, 6.45) is 2.23. The predicted octanol–water partition coefficient (Wildman–Crippen LogP) is 3.28. The molecule has 0 atom stereocenters. The summed E-state index contributed by atoms with van der Waals surface area (Å²) >= 11 is 0. The van der Waals surface area contributed by atoms with Crippen LogP contribution in [0.1, 0.15) is 54.5 Å². The van der Waals surface area contributed by atoms with Crippen LogP contribution < -0.4 is 5.32 Å². The Hall–Kier alpha value is -3.62. The number of pyridine rings is 1. The average molecular weight is 441 g/mol. The number of benzene rings is 1. The fraction of sp³-hybridized carbons (Fsp3) is 0.391. The van der Waals surface area contributed by atoms with E-state index in [2.05, 4.69) is 10.3 Å². The first kappa shape index (κ1) is 23.1. The van der Waals surface area contributed by atoms with Crippen molar-refractivity contribution in [2.24, 2.45) is 0 Å². The Morgan fingerprint density at radius 3 is 2.28 bits per heavy atom. The van der Waals surface area contributed by atoms with E-state index >= 15 is 0 Å².